The molecule has 0 N–H and O–H groups in total. The van der Waals surface area contributed by atoms with Gasteiger partial charge in [-0.2, -0.15) is 0 Å². The van der Waals surface area contributed by atoms with E-state index >= 15 is 0 Å². The Hall–Kier alpha value is -1.48. The second kappa shape index (κ2) is 6.44. The molecule has 0 amide bonds. The summed E-state index contributed by atoms with van der Waals surface area (Å²) in [7, 11) is 0. The molecule has 1 saturated carbocycles. The van der Waals surface area contributed by atoms with E-state index in [4.69, 9.17) is 16.3 Å². The van der Waals surface area contributed by atoms with Crippen molar-refractivity contribution in [3.8, 4) is 0 Å². The van der Waals surface area contributed by atoms with Crippen LogP contribution in [0, 0.1) is 5.92 Å². The van der Waals surface area contributed by atoms with E-state index in [1.807, 2.05) is 24.3 Å². The van der Waals surface area contributed by atoms with Gasteiger partial charge in [0, 0.05) is 23.7 Å². The van der Waals surface area contributed by atoms with Crippen LogP contribution in [0.1, 0.15) is 50.5 Å². The van der Waals surface area contributed by atoms with Crippen LogP contribution in [-0.2, 0) is 9.53 Å². The van der Waals surface area contributed by atoms with Crippen molar-refractivity contribution in [3.05, 3.63) is 40.5 Å². The van der Waals surface area contributed by atoms with Crippen molar-refractivity contribution in [2.24, 2.45) is 5.92 Å². The van der Waals surface area contributed by atoms with Gasteiger partial charge in [0.1, 0.15) is 5.60 Å². The Bertz CT molecular complexity index is 648. The van der Waals surface area contributed by atoms with Crippen LogP contribution in [0.25, 0.3) is 6.08 Å². The highest BCUT2D eigenvalue weighted by Gasteiger charge is 2.47. The van der Waals surface area contributed by atoms with Crippen molar-refractivity contribution in [2.75, 3.05) is 13.1 Å². The van der Waals surface area contributed by atoms with Crippen LogP contribution in [0.4, 0.5) is 0 Å². The van der Waals surface area contributed by atoms with Crippen LogP contribution < -0.4 is 0 Å². The standard InChI is InChI=1S/C20H24ClNO2/c21-17-8-6-15(7-9-17)12-18-13-20(10-3-11-22(18)14-20)24-19(23)16-4-1-2-5-16/h6-9,12,16H,1-5,10-11,13-14H2/b18-12+. The molecule has 1 atom stereocenters. The predicted octanol–water partition coefficient (Wildman–Crippen LogP) is 4.65. The maximum absolute atomic E-state index is 12.5. The van der Waals surface area contributed by atoms with Crippen LogP contribution in [0.3, 0.4) is 0 Å². The summed E-state index contributed by atoms with van der Waals surface area (Å²) in [6.45, 7) is 1.91. The molecule has 1 aliphatic carbocycles. The Morgan fingerprint density at radius 1 is 1.21 bits per heavy atom. The number of carbonyl (C=O) groups is 1. The van der Waals surface area contributed by atoms with Gasteiger partial charge in [0.25, 0.3) is 0 Å². The van der Waals surface area contributed by atoms with Crippen molar-refractivity contribution >= 4 is 23.6 Å². The highest BCUT2D eigenvalue weighted by Crippen LogP contribution is 2.42. The molecule has 4 heteroatoms. The highest BCUT2D eigenvalue weighted by atomic mass is 35.5. The lowest BCUT2D eigenvalue weighted by atomic mass is 9.93. The molecule has 1 aromatic rings. The summed E-state index contributed by atoms with van der Waals surface area (Å²) in [5.41, 5.74) is 2.14. The predicted molar refractivity (Wildman–Crippen MR) is 95.6 cm³/mol. The third kappa shape index (κ3) is 3.19. The topological polar surface area (TPSA) is 29.5 Å². The molecule has 1 aromatic carbocycles. The Labute approximate surface area is 148 Å². The highest BCUT2D eigenvalue weighted by molar-refractivity contribution is 6.30. The van der Waals surface area contributed by atoms with Gasteiger partial charge in [-0.05, 0) is 49.5 Å². The number of piperidine rings is 1. The van der Waals surface area contributed by atoms with Crippen molar-refractivity contribution in [2.45, 2.75) is 50.5 Å². The normalized spacial score (nSPS) is 28.5. The van der Waals surface area contributed by atoms with Crippen LogP contribution in [0.5, 0.6) is 0 Å². The number of fused-ring (bicyclic) bond motifs is 2. The smallest absolute Gasteiger partial charge is 0.309 e. The SMILES string of the molecule is O=C(OC12CCCN(C1)/C(=C/c1ccc(Cl)cc1)C2)C1CCCC1. The van der Waals surface area contributed by atoms with Crippen LogP contribution in [0.15, 0.2) is 30.0 Å². The molecule has 1 unspecified atom stereocenters. The minimum absolute atomic E-state index is 0.0436. The molecule has 0 radical (unpaired) electrons. The number of carbonyl (C=O) groups excluding carboxylic acids is 1. The van der Waals surface area contributed by atoms with E-state index in [-0.39, 0.29) is 17.5 Å². The van der Waals surface area contributed by atoms with Gasteiger partial charge in [-0.15, -0.1) is 0 Å². The van der Waals surface area contributed by atoms with Crippen LogP contribution in [0.2, 0.25) is 5.02 Å². The molecule has 0 spiro atoms. The first-order valence-corrected chi connectivity index (χ1v) is 9.45. The van der Waals surface area contributed by atoms with Gasteiger partial charge in [0.05, 0.1) is 12.5 Å². The van der Waals surface area contributed by atoms with Crippen LogP contribution >= 0.6 is 11.6 Å². The first-order chi connectivity index (χ1) is 11.6. The van der Waals surface area contributed by atoms with Gasteiger partial charge in [0.15, 0.2) is 0 Å². The average Bonchev–Trinajstić information content (AvgIpc) is 3.17. The lowest BCUT2D eigenvalue weighted by Crippen LogP contribution is -2.43. The number of ether oxygens (including phenoxy) is 1. The number of rotatable bonds is 3. The van der Waals surface area contributed by atoms with Gasteiger partial charge in [-0.1, -0.05) is 36.6 Å². The molecule has 3 aliphatic rings. The van der Waals surface area contributed by atoms with E-state index in [1.54, 1.807) is 0 Å². The zero-order valence-electron chi connectivity index (χ0n) is 14.0. The molecule has 3 fully saturated rings. The number of hydrogen-bond donors (Lipinski definition) is 0. The number of esters is 1. The summed E-state index contributed by atoms with van der Waals surface area (Å²) in [6, 6.07) is 7.91. The van der Waals surface area contributed by atoms with Gasteiger partial charge < -0.3 is 9.64 Å². The zero-order valence-corrected chi connectivity index (χ0v) is 14.7. The van der Waals surface area contributed by atoms with E-state index in [0.717, 1.165) is 55.8 Å². The van der Waals surface area contributed by atoms with Gasteiger partial charge in [-0.3, -0.25) is 4.79 Å². The first kappa shape index (κ1) is 16.0. The van der Waals surface area contributed by atoms with E-state index in [1.165, 1.54) is 18.5 Å². The number of benzene rings is 1. The lowest BCUT2D eigenvalue weighted by Gasteiger charge is -2.34. The quantitative estimate of drug-likeness (QED) is 0.747. The Kier molecular flexibility index (Phi) is 4.29. The summed E-state index contributed by atoms with van der Waals surface area (Å²) in [5.74, 6) is 0.182. The van der Waals surface area contributed by atoms with Gasteiger partial charge in [-0.25, -0.2) is 0 Å². The molecular formula is C20H24ClNO2. The third-order valence-electron chi connectivity index (χ3n) is 5.66. The second-order valence-electron chi connectivity index (χ2n) is 7.47. The minimum Gasteiger partial charge on any atom is -0.457 e. The molecule has 2 bridgehead atoms. The lowest BCUT2D eigenvalue weighted by molar-refractivity contribution is -0.165. The summed E-state index contributed by atoms with van der Waals surface area (Å²) in [6.07, 6.45) is 9.48. The van der Waals surface area contributed by atoms with Crippen molar-refractivity contribution in [1.29, 1.82) is 0 Å². The van der Waals surface area contributed by atoms with Crippen molar-refractivity contribution in [3.63, 3.8) is 0 Å². The van der Waals surface area contributed by atoms with Crippen molar-refractivity contribution < 1.29 is 9.53 Å². The maximum Gasteiger partial charge on any atom is 0.309 e. The summed E-state index contributed by atoms with van der Waals surface area (Å²) >= 11 is 5.97. The fraction of sp³-hybridized carbons (Fsp3) is 0.550. The van der Waals surface area contributed by atoms with E-state index < -0.39 is 0 Å². The average molecular weight is 346 g/mol. The largest absolute Gasteiger partial charge is 0.457 e. The van der Waals surface area contributed by atoms with Gasteiger partial charge in [0.2, 0.25) is 0 Å². The first-order valence-electron chi connectivity index (χ1n) is 9.08. The number of nitrogens with zero attached hydrogens (tertiary/aromatic N) is 1. The Morgan fingerprint density at radius 3 is 2.71 bits per heavy atom. The summed E-state index contributed by atoms with van der Waals surface area (Å²) < 4.78 is 6.10. The second-order valence-corrected chi connectivity index (χ2v) is 7.91. The fourth-order valence-corrected chi connectivity index (χ4v) is 4.53. The van der Waals surface area contributed by atoms with E-state index in [9.17, 15) is 4.79 Å². The van der Waals surface area contributed by atoms with E-state index in [0.29, 0.717) is 0 Å². The molecule has 2 aliphatic heterocycles. The third-order valence-corrected chi connectivity index (χ3v) is 5.91. The van der Waals surface area contributed by atoms with Gasteiger partial charge >= 0.3 is 5.97 Å². The molecule has 4 rings (SSSR count). The van der Waals surface area contributed by atoms with E-state index in [2.05, 4.69) is 11.0 Å². The molecular weight excluding hydrogens is 322 g/mol. The minimum atomic E-state index is -0.295. The number of halogens is 1. The monoisotopic (exact) mass is 345 g/mol. The molecule has 24 heavy (non-hydrogen) atoms. The zero-order chi connectivity index (χ0) is 16.6. The number of hydrogen-bond acceptors (Lipinski definition) is 3. The van der Waals surface area contributed by atoms with Crippen LogP contribution in [-0.4, -0.2) is 29.6 Å². The van der Waals surface area contributed by atoms with Crippen molar-refractivity contribution in [1.82, 2.24) is 4.90 Å². The maximum atomic E-state index is 12.5. The molecule has 2 saturated heterocycles. The molecule has 2 heterocycles. The Balaban J connectivity index is 1.51. The summed E-state index contributed by atoms with van der Waals surface area (Å²) in [4.78, 5) is 14.9. The molecule has 0 aromatic heterocycles. The summed E-state index contributed by atoms with van der Waals surface area (Å²) in [5, 5.41) is 0.754. The Morgan fingerprint density at radius 2 is 1.96 bits per heavy atom. The molecule has 3 nitrogen and oxygen atoms in total. The fourth-order valence-electron chi connectivity index (χ4n) is 4.40. The molecule has 128 valence electrons.